The molecular formula is C12H13ClN4. The van der Waals surface area contributed by atoms with Gasteiger partial charge in [-0.1, -0.05) is 23.7 Å². The van der Waals surface area contributed by atoms with E-state index in [1.165, 1.54) is 0 Å². The van der Waals surface area contributed by atoms with Crippen LogP contribution in [0, 0.1) is 0 Å². The highest BCUT2D eigenvalue weighted by Crippen LogP contribution is 2.16. The first kappa shape index (κ1) is 12.0. The van der Waals surface area contributed by atoms with Crippen molar-refractivity contribution in [1.82, 2.24) is 15.4 Å². The summed E-state index contributed by atoms with van der Waals surface area (Å²) in [5, 5.41) is 0.724. The minimum absolute atomic E-state index is 0.0997. The Bertz CT molecular complexity index is 458. The predicted octanol–water partition coefficient (Wildman–Crippen LogP) is 1.88. The second-order valence-electron chi connectivity index (χ2n) is 3.66. The molecule has 5 heteroatoms. The van der Waals surface area contributed by atoms with Gasteiger partial charge in [-0.2, -0.15) is 0 Å². The Balaban J connectivity index is 2.13. The predicted molar refractivity (Wildman–Crippen MR) is 67.3 cm³/mol. The molecule has 1 aromatic carbocycles. The summed E-state index contributed by atoms with van der Waals surface area (Å²) in [6.45, 7) is 0. The minimum atomic E-state index is -0.0997. The van der Waals surface area contributed by atoms with Gasteiger partial charge in [0.2, 0.25) is 0 Å². The highest BCUT2D eigenvalue weighted by molar-refractivity contribution is 6.30. The number of halogens is 1. The maximum absolute atomic E-state index is 5.83. The summed E-state index contributed by atoms with van der Waals surface area (Å²) >= 11 is 5.83. The van der Waals surface area contributed by atoms with E-state index < -0.39 is 0 Å². The van der Waals surface area contributed by atoms with Gasteiger partial charge in [0, 0.05) is 17.4 Å². The van der Waals surface area contributed by atoms with Crippen molar-refractivity contribution in [2.24, 2.45) is 5.84 Å². The van der Waals surface area contributed by atoms with Crippen LogP contribution < -0.4 is 11.3 Å². The van der Waals surface area contributed by atoms with E-state index in [0.29, 0.717) is 5.82 Å². The van der Waals surface area contributed by atoms with Crippen molar-refractivity contribution < 1.29 is 0 Å². The van der Waals surface area contributed by atoms with Crippen molar-refractivity contribution in [3.8, 4) is 0 Å². The van der Waals surface area contributed by atoms with Gasteiger partial charge in [0.15, 0.2) is 0 Å². The SMILES string of the molecule is NNC(Cc1ccc(Cl)cc1)c1ncccn1. The molecule has 1 aromatic heterocycles. The van der Waals surface area contributed by atoms with Crippen molar-refractivity contribution in [1.29, 1.82) is 0 Å². The fourth-order valence-electron chi connectivity index (χ4n) is 1.57. The van der Waals surface area contributed by atoms with E-state index in [9.17, 15) is 0 Å². The van der Waals surface area contributed by atoms with E-state index in [-0.39, 0.29) is 6.04 Å². The normalized spacial score (nSPS) is 12.4. The van der Waals surface area contributed by atoms with E-state index >= 15 is 0 Å². The summed E-state index contributed by atoms with van der Waals surface area (Å²) in [7, 11) is 0. The first-order valence-corrected chi connectivity index (χ1v) is 5.65. The third kappa shape index (κ3) is 3.23. The molecule has 1 unspecified atom stereocenters. The Kier molecular flexibility index (Phi) is 4.03. The Labute approximate surface area is 105 Å². The first-order chi connectivity index (χ1) is 8.29. The third-order valence-electron chi connectivity index (χ3n) is 2.45. The lowest BCUT2D eigenvalue weighted by atomic mass is 10.1. The van der Waals surface area contributed by atoms with Gasteiger partial charge in [-0.3, -0.25) is 5.84 Å². The molecule has 88 valence electrons. The average Bonchev–Trinajstić information content (AvgIpc) is 2.39. The summed E-state index contributed by atoms with van der Waals surface area (Å²) in [5.41, 5.74) is 3.85. The van der Waals surface area contributed by atoms with Crippen molar-refractivity contribution >= 4 is 11.6 Å². The van der Waals surface area contributed by atoms with E-state index in [1.807, 2.05) is 24.3 Å². The molecule has 4 nitrogen and oxygen atoms in total. The molecule has 0 aliphatic heterocycles. The average molecular weight is 249 g/mol. The maximum atomic E-state index is 5.83. The van der Waals surface area contributed by atoms with Crippen molar-refractivity contribution in [3.05, 3.63) is 59.1 Å². The molecule has 1 heterocycles. The lowest BCUT2D eigenvalue weighted by molar-refractivity contribution is 0.522. The summed E-state index contributed by atoms with van der Waals surface area (Å²) in [6.07, 6.45) is 4.13. The molecule has 0 amide bonds. The summed E-state index contributed by atoms with van der Waals surface area (Å²) in [4.78, 5) is 8.37. The van der Waals surface area contributed by atoms with Crippen molar-refractivity contribution in [3.63, 3.8) is 0 Å². The van der Waals surface area contributed by atoms with E-state index in [0.717, 1.165) is 17.0 Å². The molecule has 0 saturated heterocycles. The Morgan fingerprint density at radius 3 is 2.41 bits per heavy atom. The minimum Gasteiger partial charge on any atom is -0.271 e. The highest BCUT2D eigenvalue weighted by atomic mass is 35.5. The molecule has 2 aromatic rings. The fourth-order valence-corrected chi connectivity index (χ4v) is 1.70. The molecule has 17 heavy (non-hydrogen) atoms. The Hall–Kier alpha value is -1.49. The lowest BCUT2D eigenvalue weighted by Crippen LogP contribution is -2.30. The van der Waals surface area contributed by atoms with Gasteiger partial charge in [-0.15, -0.1) is 0 Å². The van der Waals surface area contributed by atoms with Gasteiger partial charge >= 0.3 is 0 Å². The third-order valence-corrected chi connectivity index (χ3v) is 2.70. The Morgan fingerprint density at radius 1 is 1.18 bits per heavy atom. The summed E-state index contributed by atoms with van der Waals surface area (Å²) < 4.78 is 0. The van der Waals surface area contributed by atoms with Crippen molar-refractivity contribution in [2.45, 2.75) is 12.5 Å². The maximum Gasteiger partial charge on any atom is 0.146 e. The number of rotatable bonds is 4. The van der Waals surface area contributed by atoms with Crippen LogP contribution in [0.4, 0.5) is 0 Å². The molecular weight excluding hydrogens is 236 g/mol. The van der Waals surface area contributed by atoms with Crippen LogP contribution in [0.25, 0.3) is 0 Å². The van der Waals surface area contributed by atoms with Crippen LogP contribution in [0.5, 0.6) is 0 Å². The second kappa shape index (κ2) is 5.72. The van der Waals surface area contributed by atoms with Crippen LogP contribution in [0.3, 0.4) is 0 Å². The lowest BCUT2D eigenvalue weighted by Gasteiger charge is -2.14. The van der Waals surface area contributed by atoms with Gasteiger partial charge in [-0.05, 0) is 30.2 Å². The topological polar surface area (TPSA) is 63.8 Å². The zero-order chi connectivity index (χ0) is 12.1. The first-order valence-electron chi connectivity index (χ1n) is 5.27. The highest BCUT2D eigenvalue weighted by Gasteiger charge is 2.12. The zero-order valence-corrected chi connectivity index (χ0v) is 9.93. The smallest absolute Gasteiger partial charge is 0.146 e. The number of benzene rings is 1. The van der Waals surface area contributed by atoms with Crippen LogP contribution in [-0.2, 0) is 6.42 Å². The fraction of sp³-hybridized carbons (Fsp3) is 0.167. The summed E-state index contributed by atoms with van der Waals surface area (Å²) in [5.74, 6) is 6.21. The number of hydrazine groups is 1. The van der Waals surface area contributed by atoms with Crippen LogP contribution in [0.2, 0.25) is 5.02 Å². The zero-order valence-electron chi connectivity index (χ0n) is 9.18. The number of hydrogen-bond donors (Lipinski definition) is 2. The number of nitrogens with one attached hydrogen (secondary N) is 1. The van der Waals surface area contributed by atoms with E-state index in [1.54, 1.807) is 18.5 Å². The number of nitrogens with two attached hydrogens (primary N) is 1. The summed E-state index contributed by atoms with van der Waals surface area (Å²) in [6, 6.07) is 9.33. The molecule has 0 bridgehead atoms. The molecule has 0 radical (unpaired) electrons. The molecule has 3 N–H and O–H groups in total. The second-order valence-corrected chi connectivity index (χ2v) is 4.09. The van der Waals surface area contributed by atoms with Crippen LogP contribution in [0.15, 0.2) is 42.7 Å². The van der Waals surface area contributed by atoms with Crippen LogP contribution in [-0.4, -0.2) is 9.97 Å². The molecule has 0 aliphatic carbocycles. The van der Waals surface area contributed by atoms with E-state index in [2.05, 4.69) is 15.4 Å². The quantitative estimate of drug-likeness (QED) is 0.641. The van der Waals surface area contributed by atoms with Gasteiger partial charge in [0.05, 0.1) is 6.04 Å². The van der Waals surface area contributed by atoms with Gasteiger partial charge < -0.3 is 0 Å². The van der Waals surface area contributed by atoms with Crippen LogP contribution >= 0.6 is 11.6 Å². The number of aromatic nitrogens is 2. The molecule has 0 aliphatic rings. The molecule has 2 rings (SSSR count). The molecule has 0 spiro atoms. The van der Waals surface area contributed by atoms with Crippen molar-refractivity contribution in [2.75, 3.05) is 0 Å². The molecule has 0 saturated carbocycles. The monoisotopic (exact) mass is 248 g/mol. The van der Waals surface area contributed by atoms with Gasteiger partial charge in [0.25, 0.3) is 0 Å². The number of nitrogens with zero attached hydrogens (tertiary/aromatic N) is 2. The van der Waals surface area contributed by atoms with E-state index in [4.69, 9.17) is 17.4 Å². The van der Waals surface area contributed by atoms with Gasteiger partial charge in [-0.25, -0.2) is 15.4 Å². The molecule has 1 atom stereocenters. The van der Waals surface area contributed by atoms with Crippen LogP contribution in [0.1, 0.15) is 17.4 Å². The standard InChI is InChI=1S/C12H13ClN4/c13-10-4-2-9(3-5-10)8-11(17-14)12-15-6-1-7-16-12/h1-7,11,17H,8,14H2. The Morgan fingerprint density at radius 2 is 1.82 bits per heavy atom. The van der Waals surface area contributed by atoms with Gasteiger partial charge in [0.1, 0.15) is 5.82 Å². The number of hydrogen-bond acceptors (Lipinski definition) is 4. The largest absolute Gasteiger partial charge is 0.271 e. The molecule has 0 fully saturated rings.